The van der Waals surface area contributed by atoms with Gasteiger partial charge in [0.25, 0.3) is 0 Å². The largest absolute Gasteiger partial charge is 0.294 e. The van der Waals surface area contributed by atoms with Crippen molar-refractivity contribution in [1.29, 1.82) is 5.26 Å². The minimum absolute atomic E-state index is 0.00502. The molecule has 0 unspecified atom stereocenters. The Kier molecular flexibility index (Phi) is 3.68. The van der Waals surface area contributed by atoms with Crippen molar-refractivity contribution < 1.29 is 14.4 Å². The first kappa shape index (κ1) is 12.9. The van der Waals surface area contributed by atoms with Crippen LogP contribution in [-0.4, -0.2) is 42.1 Å². The van der Waals surface area contributed by atoms with Crippen LogP contribution in [0.15, 0.2) is 24.3 Å². The molecule has 6 heteroatoms. The summed E-state index contributed by atoms with van der Waals surface area (Å²) in [4.78, 5) is 35.8. The summed E-state index contributed by atoms with van der Waals surface area (Å²) in [6, 6.07) is 8.20. The lowest BCUT2D eigenvalue weighted by Gasteiger charge is -2.24. The number of hydrogen-bond acceptors (Lipinski definition) is 5. The molecule has 1 aromatic carbocycles. The second kappa shape index (κ2) is 5.42. The highest BCUT2D eigenvalue weighted by molar-refractivity contribution is 6.01. The van der Waals surface area contributed by atoms with Crippen molar-refractivity contribution in [1.82, 2.24) is 10.2 Å². The van der Waals surface area contributed by atoms with Crippen LogP contribution in [0, 0.1) is 11.3 Å². The molecule has 0 aliphatic carbocycles. The number of carbonyl (C=O) groups is 3. The van der Waals surface area contributed by atoms with E-state index in [1.807, 2.05) is 6.07 Å². The summed E-state index contributed by atoms with van der Waals surface area (Å²) in [5, 5.41) is 10.8. The predicted molar refractivity (Wildman–Crippen MR) is 65.1 cm³/mol. The summed E-state index contributed by atoms with van der Waals surface area (Å²) in [6.45, 7) is 0.0760. The van der Waals surface area contributed by atoms with Crippen molar-refractivity contribution in [3.63, 3.8) is 0 Å². The number of imide groups is 1. The van der Waals surface area contributed by atoms with E-state index in [9.17, 15) is 14.4 Å². The summed E-state index contributed by atoms with van der Waals surface area (Å²) in [6.07, 6.45) is 0. The van der Waals surface area contributed by atoms with Crippen molar-refractivity contribution in [2.75, 3.05) is 19.6 Å². The predicted octanol–water partition coefficient (Wildman–Crippen LogP) is -0.301. The first-order valence-corrected chi connectivity index (χ1v) is 5.67. The van der Waals surface area contributed by atoms with Crippen LogP contribution in [0.25, 0.3) is 0 Å². The van der Waals surface area contributed by atoms with Crippen LogP contribution in [-0.2, 0) is 9.59 Å². The molecule has 1 N–H and O–H groups in total. The molecule has 1 heterocycles. The van der Waals surface area contributed by atoms with Crippen molar-refractivity contribution in [2.45, 2.75) is 0 Å². The number of benzene rings is 1. The van der Waals surface area contributed by atoms with Gasteiger partial charge in [0.2, 0.25) is 11.8 Å². The van der Waals surface area contributed by atoms with Gasteiger partial charge in [0.05, 0.1) is 31.3 Å². The fourth-order valence-electron chi connectivity index (χ4n) is 1.83. The second-order valence-corrected chi connectivity index (χ2v) is 4.23. The highest BCUT2D eigenvalue weighted by Crippen LogP contribution is 2.06. The molecule has 0 saturated carbocycles. The standard InChI is InChI=1S/C13H11N3O3/c14-5-9-1-3-10(4-2-9)11(17)6-16-7-12(18)15-13(19)8-16/h1-4H,6-8H2,(H,15,18,19). The molecule has 6 nitrogen and oxygen atoms in total. The summed E-state index contributed by atoms with van der Waals surface area (Å²) >= 11 is 0. The number of nitriles is 1. The van der Waals surface area contributed by atoms with Crippen LogP contribution < -0.4 is 5.32 Å². The third-order valence-electron chi connectivity index (χ3n) is 2.72. The lowest BCUT2D eigenvalue weighted by molar-refractivity contribution is -0.135. The van der Waals surface area contributed by atoms with Crippen LogP contribution in [0.4, 0.5) is 0 Å². The van der Waals surface area contributed by atoms with Gasteiger partial charge in [-0.15, -0.1) is 0 Å². The number of rotatable bonds is 3. The van der Waals surface area contributed by atoms with Crippen LogP contribution in [0.3, 0.4) is 0 Å². The van der Waals surface area contributed by atoms with E-state index < -0.39 is 11.8 Å². The lowest BCUT2D eigenvalue weighted by Crippen LogP contribution is -2.52. The summed E-state index contributed by atoms with van der Waals surface area (Å²) < 4.78 is 0. The van der Waals surface area contributed by atoms with Gasteiger partial charge in [0, 0.05) is 5.56 Å². The van der Waals surface area contributed by atoms with Gasteiger partial charge in [0.1, 0.15) is 0 Å². The maximum atomic E-state index is 12.0. The van der Waals surface area contributed by atoms with Gasteiger partial charge < -0.3 is 0 Å². The van der Waals surface area contributed by atoms with E-state index in [0.29, 0.717) is 11.1 Å². The summed E-state index contributed by atoms with van der Waals surface area (Å²) in [5.41, 5.74) is 0.932. The third-order valence-corrected chi connectivity index (χ3v) is 2.72. The number of carbonyl (C=O) groups excluding carboxylic acids is 3. The van der Waals surface area contributed by atoms with Gasteiger partial charge in [-0.1, -0.05) is 12.1 Å². The minimum Gasteiger partial charge on any atom is -0.294 e. The molecule has 1 aliphatic rings. The molecule has 2 rings (SSSR count). The molecule has 0 bridgehead atoms. The number of piperazine rings is 1. The first-order chi connectivity index (χ1) is 9.08. The van der Waals surface area contributed by atoms with Crippen molar-refractivity contribution >= 4 is 17.6 Å². The fraction of sp³-hybridized carbons (Fsp3) is 0.231. The average molecular weight is 257 g/mol. The summed E-state index contributed by atoms with van der Waals surface area (Å²) in [7, 11) is 0. The van der Waals surface area contributed by atoms with Crippen LogP contribution in [0.5, 0.6) is 0 Å². The zero-order valence-electron chi connectivity index (χ0n) is 10.0. The Bertz CT molecular complexity index is 556. The lowest BCUT2D eigenvalue weighted by atomic mass is 10.1. The molecule has 1 fully saturated rings. The van der Waals surface area contributed by atoms with E-state index in [0.717, 1.165) is 0 Å². The van der Waals surface area contributed by atoms with E-state index in [1.165, 1.54) is 4.90 Å². The number of Topliss-reactive ketones (excluding diaryl/α,β-unsaturated/α-hetero) is 1. The van der Waals surface area contributed by atoms with E-state index in [-0.39, 0.29) is 25.4 Å². The van der Waals surface area contributed by atoms with Gasteiger partial charge in [-0.05, 0) is 12.1 Å². The molecule has 1 saturated heterocycles. The molecule has 1 aliphatic heterocycles. The molecule has 0 atom stereocenters. The zero-order valence-corrected chi connectivity index (χ0v) is 10.0. The summed E-state index contributed by atoms with van der Waals surface area (Å²) in [5.74, 6) is -0.986. The minimum atomic E-state index is -0.399. The Morgan fingerprint density at radius 1 is 1.21 bits per heavy atom. The Labute approximate surface area is 109 Å². The second-order valence-electron chi connectivity index (χ2n) is 4.23. The highest BCUT2D eigenvalue weighted by atomic mass is 16.2. The van der Waals surface area contributed by atoms with Crippen LogP contribution >= 0.6 is 0 Å². The van der Waals surface area contributed by atoms with Gasteiger partial charge in [-0.3, -0.25) is 24.6 Å². The monoisotopic (exact) mass is 257 g/mol. The van der Waals surface area contributed by atoms with Crippen molar-refractivity contribution in [2.24, 2.45) is 0 Å². The molecule has 0 radical (unpaired) electrons. The highest BCUT2D eigenvalue weighted by Gasteiger charge is 2.24. The Morgan fingerprint density at radius 3 is 2.32 bits per heavy atom. The third kappa shape index (κ3) is 3.24. The number of amides is 2. The van der Waals surface area contributed by atoms with Crippen LogP contribution in [0.1, 0.15) is 15.9 Å². The van der Waals surface area contributed by atoms with E-state index in [2.05, 4.69) is 5.32 Å². The van der Waals surface area contributed by atoms with E-state index >= 15 is 0 Å². The van der Waals surface area contributed by atoms with Gasteiger partial charge in [-0.2, -0.15) is 5.26 Å². The molecule has 1 aromatic rings. The fourth-order valence-corrected chi connectivity index (χ4v) is 1.83. The van der Waals surface area contributed by atoms with Crippen molar-refractivity contribution in [3.8, 4) is 6.07 Å². The van der Waals surface area contributed by atoms with Gasteiger partial charge in [0.15, 0.2) is 5.78 Å². The SMILES string of the molecule is N#Cc1ccc(C(=O)CN2CC(=O)NC(=O)C2)cc1. The molecular weight excluding hydrogens is 246 g/mol. The average Bonchev–Trinajstić information content (AvgIpc) is 2.37. The number of ketones is 1. The number of nitrogens with one attached hydrogen (secondary N) is 1. The number of hydrogen-bond donors (Lipinski definition) is 1. The maximum Gasteiger partial charge on any atom is 0.240 e. The first-order valence-electron chi connectivity index (χ1n) is 5.67. The quantitative estimate of drug-likeness (QED) is 0.593. The molecule has 96 valence electrons. The molecular formula is C13H11N3O3. The van der Waals surface area contributed by atoms with E-state index in [4.69, 9.17) is 5.26 Å². The molecule has 0 aromatic heterocycles. The van der Waals surface area contributed by atoms with Gasteiger partial charge >= 0.3 is 0 Å². The van der Waals surface area contributed by atoms with E-state index in [1.54, 1.807) is 24.3 Å². The topological polar surface area (TPSA) is 90.3 Å². The maximum absolute atomic E-state index is 12.0. The molecule has 0 spiro atoms. The van der Waals surface area contributed by atoms with Gasteiger partial charge in [-0.25, -0.2) is 0 Å². The normalized spacial score (nSPS) is 15.7. The number of nitrogens with zero attached hydrogens (tertiary/aromatic N) is 2. The zero-order chi connectivity index (χ0) is 13.8. The Hall–Kier alpha value is -2.52. The Morgan fingerprint density at radius 2 is 1.79 bits per heavy atom. The molecule has 19 heavy (non-hydrogen) atoms. The Balaban J connectivity index is 2.02. The smallest absolute Gasteiger partial charge is 0.240 e. The molecule has 2 amide bonds. The van der Waals surface area contributed by atoms with Crippen LogP contribution in [0.2, 0.25) is 0 Å². The van der Waals surface area contributed by atoms with Crippen molar-refractivity contribution in [3.05, 3.63) is 35.4 Å².